The molecule has 0 unspecified atom stereocenters. The SMILES string of the molecule is C#C[C@@H](CC1=C(C)C(=O)OC(C)(C)O1)c1ccccc1. The Bertz CT molecular complexity index is 576. The Morgan fingerprint density at radius 2 is 1.90 bits per heavy atom. The molecule has 0 aromatic heterocycles. The molecule has 1 heterocycles. The zero-order valence-electron chi connectivity index (χ0n) is 12.0. The highest BCUT2D eigenvalue weighted by Crippen LogP contribution is 2.32. The van der Waals surface area contributed by atoms with E-state index in [1.165, 1.54) is 0 Å². The molecule has 0 spiro atoms. The maximum absolute atomic E-state index is 11.8. The summed E-state index contributed by atoms with van der Waals surface area (Å²) in [6, 6.07) is 9.79. The van der Waals surface area contributed by atoms with Crippen LogP contribution < -0.4 is 0 Å². The third-order valence-electron chi connectivity index (χ3n) is 3.22. The number of cyclic esters (lactones) is 1. The zero-order valence-corrected chi connectivity index (χ0v) is 12.0. The minimum absolute atomic E-state index is 0.122. The molecule has 0 fully saturated rings. The number of allylic oxidation sites excluding steroid dienone is 1. The Kier molecular flexibility index (Phi) is 3.85. The molecule has 0 amide bonds. The summed E-state index contributed by atoms with van der Waals surface area (Å²) < 4.78 is 10.9. The minimum atomic E-state index is -0.943. The van der Waals surface area contributed by atoms with E-state index in [0.29, 0.717) is 17.8 Å². The van der Waals surface area contributed by atoms with Crippen LogP contribution in [0.3, 0.4) is 0 Å². The lowest BCUT2D eigenvalue weighted by atomic mass is 9.94. The molecule has 1 aromatic carbocycles. The Hall–Kier alpha value is -2.21. The lowest BCUT2D eigenvalue weighted by Crippen LogP contribution is -2.36. The average molecular weight is 270 g/mol. The van der Waals surface area contributed by atoms with Crippen molar-refractivity contribution in [2.45, 2.75) is 38.9 Å². The first kappa shape index (κ1) is 14.2. The lowest BCUT2D eigenvalue weighted by molar-refractivity contribution is -0.208. The second-order valence-corrected chi connectivity index (χ2v) is 5.27. The molecule has 1 aromatic rings. The highest BCUT2D eigenvalue weighted by atomic mass is 16.7. The van der Waals surface area contributed by atoms with Crippen molar-refractivity contribution in [1.82, 2.24) is 0 Å². The second-order valence-electron chi connectivity index (χ2n) is 5.27. The van der Waals surface area contributed by atoms with Crippen molar-refractivity contribution < 1.29 is 14.3 Å². The fourth-order valence-corrected chi connectivity index (χ4v) is 2.15. The maximum atomic E-state index is 11.8. The van der Waals surface area contributed by atoms with E-state index in [4.69, 9.17) is 15.9 Å². The molecule has 0 aliphatic carbocycles. The van der Waals surface area contributed by atoms with Gasteiger partial charge in [0.2, 0.25) is 5.79 Å². The molecule has 0 N–H and O–H groups in total. The fourth-order valence-electron chi connectivity index (χ4n) is 2.15. The van der Waals surface area contributed by atoms with E-state index in [1.54, 1.807) is 20.8 Å². The molecule has 0 bridgehead atoms. The maximum Gasteiger partial charge on any atom is 0.340 e. The van der Waals surface area contributed by atoms with Crippen LogP contribution in [0.2, 0.25) is 0 Å². The molecule has 20 heavy (non-hydrogen) atoms. The van der Waals surface area contributed by atoms with Gasteiger partial charge in [0, 0.05) is 20.3 Å². The normalized spacial score (nSPS) is 18.8. The van der Waals surface area contributed by atoms with E-state index in [9.17, 15) is 4.79 Å². The van der Waals surface area contributed by atoms with Crippen LogP contribution in [0.15, 0.2) is 41.7 Å². The number of ether oxygens (including phenoxy) is 2. The first-order valence-corrected chi connectivity index (χ1v) is 6.56. The lowest BCUT2D eigenvalue weighted by Gasteiger charge is -2.33. The largest absolute Gasteiger partial charge is 0.457 e. The number of esters is 1. The van der Waals surface area contributed by atoms with Gasteiger partial charge in [0.25, 0.3) is 0 Å². The highest BCUT2D eigenvalue weighted by molar-refractivity contribution is 5.89. The summed E-state index contributed by atoms with van der Waals surface area (Å²) in [7, 11) is 0. The van der Waals surface area contributed by atoms with Gasteiger partial charge in [-0.2, -0.15) is 0 Å². The fraction of sp³-hybridized carbons (Fsp3) is 0.353. The van der Waals surface area contributed by atoms with Crippen molar-refractivity contribution in [1.29, 1.82) is 0 Å². The first-order valence-electron chi connectivity index (χ1n) is 6.56. The van der Waals surface area contributed by atoms with Crippen molar-refractivity contribution in [2.75, 3.05) is 0 Å². The summed E-state index contributed by atoms with van der Waals surface area (Å²) in [5.74, 6) is 1.96. The molecule has 0 radical (unpaired) electrons. The van der Waals surface area contributed by atoms with E-state index >= 15 is 0 Å². The molecule has 1 aliphatic rings. The number of benzene rings is 1. The van der Waals surface area contributed by atoms with E-state index in [-0.39, 0.29) is 11.9 Å². The van der Waals surface area contributed by atoms with Gasteiger partial charge in [-0.25, -0.2) is 4.79 Å². The number of hydrogen-bond donors (Lipinski definition) is 0. The average Bonchev–Trinajstić information content (AvgIpc) is 2.41. The number of carbonyl (C=O) groups is 1. The topological polar surface area (TPSA) is 35.5 Å². The number of hydrogen-bond acceptors (Lipinski definition) is 3. The Balaban J connectivity index is 2.26. The summed E-state index contributed by atoms with van der Waals surface area (Å²) in [5, 5.41) is 0. The number of carbonyl (C=O) groups excluding carboxylic acids is 1. The van der Waals surface area contributed by atoms with Crippen LogP contribution in [0.5, 0.6) is 0 Å². The van der Waals surface area contributed by atoms with E-state index in [2.05, 4.69) is 5.92 Å². The Morgan fingerprint density at radius 1 is 1.25 bits per heavy atom. The Morgan fingerprint density at radius 3 is 2.50 bits per heavy atom. The smallest absolute Gasteiger partial charge is 0.340 e. The predicted molar refractivity (Wildman–Crippen MR) is 76.6 cm³/mol. The van der Waals surface area contributed by atoms with Crippen LogP contribution >= 0.6 is 0 Å². The van der Waals surface area contributed by atoms with Gasteiger partial charge in [-0.3, -0.25) is 0 Å². The number of terminal acetylenes is 1. The molecular weight excluding hydrogens is 252 g/mol. The highest BCUT2D eigenvalue weighted by Gasteiger charge is 2.34. The zero-order chi connectivity index (χ0) is 14.8. The van der Waals surface area contributed by atoms with Crippen LogP contribution in [-0.2, 0) is 14.3 Å². The summed E-state index contributed by atoms with van der Waals surface area (Å²) in [4.78, 5) is 11.8. The molecule has 1 aliphatic heterocycles. The van der Waals surface area contributed by atoms with Crippen LogP contribution in [-0.4, -0.2) is 11.8 Å². The third kappa shape index (κ3) is 3.03. The minimum Gasteiger partial charge on any atom is -0.457 e. The molecule has 2 rings (SSSR count). The summed E-state index contributed by atoms with van der Waals surface area (Å²) in [5.41, 5.74) is 1.52. The van der Waals surface area contributed by atoms with Crippen molar-refractivity contribution >= 4 is 5.97 Å². The first-order chi connectivity index (χ1) is 9.43. The molecule has 3 heteroatoms. The van der Waals surface area contributed by atoms with Gasteiger partial charge >= 0.3 is 5.97 Å². The van der Waals surface area contributed by atoms with Crippen molar-refractivity contribution in [3.05, 3.63) is 47.2 Å². The molecule has 1 atom stereocenters. The summed E-state index contributed by atoms with van der Waals surface area (Å²) in [6.07, 6.45) is 6.12. The monoisotopic (exact) mass is 270 g/mol. The predicted octanol–water partition coefficient (Wildman–Crippen LogP) is 3.38. The van der Waals surface area contributed by atoms with Gasteiger partial charge in [-0.05, 0) is 12.5 Å². The van der Waals surface area contributed by atoms with Gasteiger partial charge in [0.05, 0.1) is 11.5 Å². The molecule has 0 saturated carbocycles. The van der Waals surface area contributed by atoms with Gasteiger partial charge in [-0.1, -0.05) is 36.3 Å². The molecule has 0 saturated heterocycles. The second kappa shape index (κ2) is 5.42. The van der Waals surface area contributed by atoms with Crippen molar-refractivity contribution in [2.24, 2.45) is 0 Å². The van der Waals surface area contributed by atoms with Gasteiger partial charge in [0.1, 0.15) is 5.76 Å². The van der Waals surface area contributed by atoms with Crippen LogP contribution in [0.4, 0.5) is 0 Å². The quantitative estimate of drug-likeness (QED) is 0.624. The molecular formula is C17H18O3. The van der Waals surface area contributed by atoms with Gasteiger partial charge in [0.15, 0.2) is 0 Å². The standard InChI is InChI=1S/C17H18O3/c1-5-13(14-9-7-6-8-10-14)11-15-12(2)16(18)20-17(3,4)19-15/h1,6-10,13H,11H2,2-4H3/t13-/m0/s1. The van der Waals surface area contributed by atoms with Crippen molar-refractivity contribution in [3.8, 4) is 12.3 Å². The van der Waals surface area contributed by atoms with E-state index in [1.807, 2.05) is 30.3 Å². The van der Waals surface area contributed by atoms with Crippen LogP contribution in [0, 0.1) is 12.3 Å². The van der Waals surface area contributed by atoms with Gasteiger partial charge < -0.3 is 9.47 Å². The molecule has 104 valence electrons. The third-order valence-corrected chi connectivity index (χ3v) is 3.22. The Labute approximate surface area is 119 Å². The van der Waals surface area contributed by atoms with E-state index in [0.717, 1.165) is 5.56 Å². The van der Waals surface area contributed by atoms with Crippen LogP contribution in [0.1, 0.15) is 38.7 Å². The van der Waals surface area contributed by atoms with E-state index < -0.39 is 5.79 Å². The summed E-state index contributed by atoms with van der Waals surface area (Å²) >= 11 is 0. The molecule has 3 nitrogen and oxygen atoms in total. The van der Waals surface area contributed by atoms with Gasteiger partial charge in [-0.15, -0.1) is 6.42 Å². The number of rotatable bonds is 3. The van der Waals surface area contributed by atoms with Crippen LogP contribution in [0.25, 0.3) is 0 Å². The van der Waals surface area contributed by atoms with Crippen molar-refractivity contribution in [3.63, 3.8) is 0 Å². The summed E-state index contributed by atoms with van der Waals surface area (Å²) in [6.45, 7) is 5.13.